The summed E-state index contributed by atoms with van der Waals surface area (Å²) in [6.45, 7) is 0. The lowest BCUT2D eigenvalue weighted by Crippen LogP contribution is -1.86. The number of benzene rings is 4. The van der Waals surface area contributed by atoms with Crippen molar-refractivity contribution in [1.82, 2.24) is 0 Å². The van der Waals surface area contributed by atoms with Gasteiger partial charge in [0.05, 0.1) is 13.4 Å². The van der Waals surface area contributed by atoms with E-state index < -0.39 is 0 Å². The first-order valence-corrected chi connectivity index (χ1v) is 6.74. The van der Waals surface area contributed by atoms with E-state index in [0.29, 0.717) is 0 Å². The monoisotopic (exact) mass is 258 g/mol. The lowest BCUT2D eigenvalue weighted by Gasteiger charge is -2.12. The van der Waals surface area contributed by atoms with Gasteiger partial charge in [-0.05, 0) is 44.0 Å². The second-order valence-electron chi connectivity index (χ2n) is 5.05. The molecule has 0 spiro atoms. The molecule has 20 heavy (non-hydrogen) atoms. The van der Waals surface area contributed by atoms with Crippen LogP contribution in [0.15, 0.2) is 60.9 Å². The fraction of sp³-hybridized carbons (Fsp3) is 0.0526. The molecule has 0 unspecified atom stereocenters. The topological polar surface area (TPSA) is 9.23 Å². The molecule has 0 bridgehead atoms. The predicted octanol–water partition coefficient (Wildman–Crippen LogP) is 5.20. The van der Waals surface area contributed by atoms with E-state index in [-0.39, 0.29) is 0 Å². The number of hydrogen-bond donors (Lipinski definition) is 0. The smallest absolute Gasteiger partial charge is 0.0830 e. The summed E-state index contributed by atoms with van der Waals surface area (Å²) in [6, 6.07) is 19.6. The minimum atomic E-state index is 1.19. The van der Waals surface area contributed by atoms with Crippen LogP contribution in [-0.4, -0.2) is 7.11 Å². The van der Waals surface area contributed by atoms with E-state index in [1.165, 1.54) is 37.9 Å². The highest BCUT2D eigenvalue weighted by Crippen LogP contribution is 2.36. The third-order valence-corrected chi connectivity index (χ3v) is 3.95. The quantitative estimate of drug-likeness (QED) is 0.354. The Morgan fingerprint density at radius 3 is 2.15 bits per heavy atom. The van der Waals surface area contributed by atoms with Gasteiger partial charge in [-0.2, -0.15) is 0 Å². The maximum atomic E-state index is 5.06. The maximum Gasteiger partial charge on any atom is 0.0830 e. The zero-order chi connectivity index (χ0) is 13.5. The first-order valence-electron chi connectivity index (χ1n) is 6.74. The van der Waals surface area contributed by atoms with E-state index in [2.05, 4.69) is 54.6 Å². The first-order chi connectivity index (χ1) is 9.88. The van der Waals surface area contributed by atoms with Crippen molar-refractivity contribution in [3.05, 3.63) is 66.4 Å². The second kappa shape index (κ2) is 4.24. The zero-order valence-corrected chi connectivity index (χ0v) is 11.3. The lowest BCUT2D eigenvalue weighted by atomic mass is 9.92. The summed E-state index contributed by atoms with van der Waals surface area (Å²) < 4.78 is 5.06. The van der Waals surface area contributed by atoms with Gasteiger partial charge >= 0.3 is 0 Å². The van der Waals surface area contributed by atoms with E-state index >= 15 is 0 Å². The Bertz CT molecular complexity index is 919. The van der Waals surface area contributed by atoms with Gasteiger partial charge in [-0.3, -0.25) is 0 Å². The van der Waals surface area contributed by atoms with Gasteiger partial charge in [-0.15, -0.1) is 0 Å². The Kier molecular flexibility index (Phi) is 2.40. The van der Waals surface area contributed by atoms with Gasteiger partial charge in [0, 0.05) is 0 Å². The van der Waals surface area contributed by atoms with Crippen LogP contribution in [-0.2, 0) is 4.74 Å². The third kappa shape index (κ3) is 1.50. The Balaban J connectivity index is 2.23. The molecule has 1 nitrogen and oxygen atoms in total. The maximum absolute atomic E-state index is 5.06. The first kappa shape index (κ1) is 11.3. The molecule has 0 aliphatic heterocycles. The highest BCUT2D eigenvalue weighted by atomic mass is 16.5. The molecule has 0 aliphatic rings. The molecule has 0 radical (unpaired) electrons. The van der Waals surface area contributed by atoms with Crippen molar-refractivity contribution in [2.75, 3.05) is 7.11 Å². The van der Waals surface area contributed by atoms with Gasteiger partial charge in [0.25, 0.3) is 0 Å². The number of rotatable bonds is 2. The van der Waals surface area contributed by atoms with Gasteiger partial charge in [-0.25, -0.2) is 0 Å². The molecule has 0 aromatic heterocycles. The normalized spacial score (nSPS) is 12.1. The molecule has 0 N–H and O–H groups in total. The zero-order valence-electron chi connectivity index (χ0n) is 11.3. The molecule has 0 saturated carbocycles. The molecule has 0 amide bonds. The van der Waals surface area contributed by atoms with Crippen LogP contribution >= 0.6 is 0 Å². The van der Waals surface area contributed by atoms with Crippen LogP contribution in [0.5, 0.6) is 0 Å². The van der Waals surface area contributed by atoms with Gasteiger partial charge < -0.3 is 4.74 Å². The standard InChI is InChI=1S/C19H14O/c1-20-12-11-13-5-6-16-8-7-14-3-2-4-15-9-10-17(13)19(16)18(14)15/h2-12H,1H3. The van der Waals surface area contributed by atoms with Crippen LogP contribution in [0.25, 0.3) is 38.4 Å². The van der Waals surface area contributed by atoms with Crippen molar-refractivity contribution in [2.24, 2.45) is 0 Å². The molecule has 0 saturated heterocycles. The summed E-state index contributed by atoms with van der Waals surface area (Å²) in [5.41, 5.74) is 1.19. The van der Waals surface area contributed by atoms with E-state index in [9.17, 15) is 0 Å². The molecular weight excluding hydrogens is 244 g/mol. The molecule has 4 aromatic carbocycles. The van der Waals surface area contributed by atoms with Crippen molar-refractivity contribution >= 4 is 38.4 Å². The molecule has 0 atom stereocenters. The summed E-state index contributed by atoms with van der Waals surface area (Å²) >= 11 is 0. The second-order valence-corrected chi connectivity index (χ2v) is 5.05. The molecule has 96 valence electrons. The molecule has 0 heterocycles. The lowest BCUT2D eigenvalue weighted by molar-refractivity contribution is 0.341. The number of hydrogen-bond acceptors (Lipinski definition) is 1. The van der Waals surface area contributed by atoms with Crippen molar-refractivity contribution < 1.29 is 4.74 Å². The van der Waals surface area contributed by atoms with Crippen molar-refractivity contribution in [3.8, 4) is 0 Å². The molecule has 0 aliphatic carbocycles. The minimum absolute atomic E-state index is 1.19. The average molecular weight is 258 g/mol. The molecule has 0 fully saturated rings. The fourth-order valence-electron chi connectivity index (χ4n) is 3.04. The van der Waals surface area contributed by atoms with Crippen molar-refractivity contribution in [3.63, 3.8) is 0 Å². The highest BCUT2D eigenvalue weighted by Gasteiger charge is 2.09. The average Bonchev–Trinajstić information content (AvgIpc) is 2.51. The Hall–Kier alpha value is -2.54. The molecule has 4 rings (SSSR count). The largest absolute Gasteiger partial charge is 0.504 e. The van der Waals surface area contributed by atoms with E-state index in [4.69, 9.17) is 4.74 Å². The Morgan fingerprint density at radius 2 is 1.40 bits per heavy atom. The highest BCUT2D eigenvalue weighted by molar-refractivity contribution is 6.24. The number of methoxy groups -OCH3 is 1. The van der Waals surface area contributed by atoms with Gasteiger partial charge in [0.1, 0.15) is 0 Å². The summed E-state index contributed by atoms with van der Waals surface area (Å²) in [5, 5.41) is 7.87. The Morgan fingerprint density at radius 1 is 0.750 bits per heavy atom. The van der Waals surface area contributed by atoms with Crippen LogP contribution in [0.1, 0.15) is 5.56 Å². The molecule has 1 heteroatoms. The van der Waals surface area contributed by atoms with Crippen LogP contribution in [0.4, 0.5) is 0 Å². The Labute approximate surface area is 117 Å². The summed E-state index contributed by atoms with van der Waals surface area (Å²) in [4.78, 5) is 0. The molecule has 4 aromatic rings. The summed E-state index contributed by atoms with van der Waals surface area (Å²) in [6.07, 6.45) is 3.75. The number of ether oxygens (including phenoxy) is 1. The van der Waals surface area contributed by atoms with Crippen LogP contribution in [0.3, 0.4) is 0 Å². The summed E-state index contributed by atoms with van der Waals surface area (Å²) in [5.74, 6) is 0. The SMILES string of the molecule is COC=Cc1ccc2ccc3cccc4ccc1c2c34. The minimum Gasteiger partial charge on any atom is -0.504 e. The van der Waals surface area contributed by atoms with Crippen LogP contribution in [0, 0.1) is 0 Å². The van der Waals surface area contributed by atoms with Crippen molar-refractivity contribution in [2.45, 2.75) is 0 Å². The van der Waals surface area contributed by atoms with E-state index in [0.717, 1.165) is 0 Å². The van der Waals surface area contributed by atoms with E-state index in [1.807, 2.05) is 6.08 Å². The van der Waals surface area contributed by atoms with E-state index in [1.54, 1.807) is 13.4 Å². The van der Waals surface area contributed by atoms with Gasteiger partial charge in [0.2, 0.25) is 0 Å². The van der Waals surface area contributed by atoms with Gasteiger partial charge in [0.15, 0.2) is 0 Å². The predicted molar refractivity (Wildman–Crippen MR) is 86.2 cm³/mol. The summed E-state index contributed by atoms with van der Waals surface area (Å²) in [7, 11) is 1.67. The van der Waals surface area contributed by atoms with Crippen molar-refractivity contribution in [1.29, 1.82) is 0 Å². The van der Waals surface area contributed by atoms with Crippen LogP contribution in [0.2, 0.25) is 0 Å². The third-order valence-electron chi connectivity index (χ3n) is 3.95. The molecular formula is C19H14O. The fourth-order valence-corrected chi connectivity index (χ4v) is 3.04. The van der Waals surface area contributed by atoms with Gasteiger partial charge in [-0.1, -0.05) is 54.6 Å². The van der Waals surface area contributed by atoms with Crippen LogP contribution < -0.4 is 0 Å².